The van der Waals surface area contributed by atoms with Crippen LogP contribution in [0.1, 0.15) is 56.3 Å². The number of benzene rings is 3. The first kappa shape index (κ1) is 25.2. The molecule has 2 heterocycles. The van der Waals surface area contributed by atoms with Gasteiger partial charge in [0.15, 0.2) is 5.44 Å². The van der Waals surface area contributed by atoms with Gasteiger partial charge in [-0.1, -0.05) is 80.4 Å². The summed E-state index contributed by atoms with van der Waals surface area (Å²) < 4.78 is 52.1. The van der Waals surface area contributed by atoms with Gasteiger partial charge in [0, 0.05) is 16.4 Å². The van der Waals surface area contributed by atoms with E-state index in [0.717, 1.165) is 52.5 Å². The molecule has 0 amide bonds. The Labute approximate surface area is 215 Å². The van der Waals surface area contributed by atoms with Crippen molar-refractivity contribution in [3.8, 4) is 16.9 Å². The molecule has 36 heavy (non-hydrogen) atoms. The van der Waals surface area contributed by atoms with Crippen molar-refractivity contribution in [2.45, 2.75) is 61.6 Å². The molecule has 1 saturated heterocycles. The van der Waals surface area contributed by atoms with Crippen LogP contribution in [0.3, 0.4) is 0 Å². The van der Waals surface area contributed by atoms with E-state index in [0.29, 0.717) is 5.92 Å². The van der Waals surface area contributed by atoms with E-state index in [1.54, 1.807) is 11.8 Å². The summed E-state index contributed by atoms with van der Waals surface area (Å²) >= 11 is 1.72. The minimum absolute atomic E-state index is 0.0426. The Kier molecular flexibility index (Phi) is 7.63. The molecule has 0 bridgehead atoms. The molecule has 5 rings (SSSR count). The monoisotopic (exact) mass is 512 g/mol. The Morgan fingerprint density at radius 1 is 0.917 bits per heavy atom. The van der Waals surface area contributed by atoms with Crippen molar-refractivity contribution < 1.29 is 22.6 Å². The largest absolute Gasteiger partial charge is 0.479 e. The Balaban J connectivity index is 1.42. The number of ether oxygens (including phenoxy) is 2. The van der Waals surface area contributed by atoms with Gasteiger partial charge in [0.25, 0.3) is 0 Å². The summed E-state index contributed by atoms with van der Waals surface area (Å²) in [6, 6.07) is 21.5. The first-order valence-corrected chi connectivity index (χ1v) is 13.6. The van der Waals surface area contributed by atoms with Crippen LogP contribution in [0.25, 0.3) is 11.1 Å². The third-order valence-electron chi connectivity index (χ3n) is 7.18. The summed E-state index contributed by atoms with van der Waals surface area (Å²) in [5, 5.41) is 0. The van der Waals surface area contributed by atoms with Crippen molar-refractivity contribution in [3.05, 3.63) is 83.9 Å². The first-order valence-electron chi connectivity index (χ1n) is 12.7. The lowest BCUT2D eigenvalue weighted by Gasteiger charge is -2.44. The summed E-state index contributed by atoms with van der Waals surface area (Å²) in [4.78, 5) is 1.15. The molecule has 0 aromatic heterocycles. The van der Waals surface area contributed by atoms with Crippen molar-refractivity contribution in [2.24, 2.45) is 11.8 Å². The van der Waals surface area contributed by atoms with Gasteiger partial charge in [0.1, 0.15) is 5.75 Å². The molecule has 0 aliphatic carbocycles. The van der Waals surface area contributed by atoms with E-state index in [-0.39, 0.29) is 17.5 Å². The molecule has 4 atom stereocenters. The van der Waals surface area contributed by atoms with Crippen molar-refractivity contribution in [2.75, 3.05) is 6.61 Å². The van der Waals surface area contributed by atoms with Gasteiger partial charge in [0.2, 0.25) is 0 Å². The van der Waals surface area contributed by atoms with Gasteiger partial charge in [-0.05, 0) is 60.2 Å². The Hall–Kier alpha value is -2.44. The van der Waals surface area contributed by atoms with Crippen LogP contribution >= 0.6 is 11.8 Å². The number of halogens is 3. The Morgan fingerprint density at radius 3 is 2.39 bits per heavy atom. The van der Waals surface area contributed by atoms with Gasteiger partial charge in [-0.15, -0.1) is 0 Å². The van der Waals surface area contributed by atoms with Crippen LogP contribution in [-0.2, 0) is 10.9 Å². The lowest BCUT2D eigenvalue weighted by Crippen LogP contribution is -2.40. The highest BCUT2D eigenvalue weighted by Crippen LogP contribution is 2.51. The third-order valence-corrected chi connectivity index (χ3v) is 8.40. The molecule has 2 aliphatic heterocycles. The lowest BCUT2D eigenvalue weighted by molar-refractivity contribution is -0.137. The standard InChI is InChI=1S/C30H31F3O2S/c1-2-3-5-8-20-17-26-28(34-19-20)25-16-13-22(21-11-14-23(15-12-21)30(31,32)33)18-27(25)35-29(26)36-24-9-6-4-7-10-24/h4,6-7,9-16,18,20,26,28-29H,2-3,5,8,17,19H2,1H3. The summed E-state index contributed by atoms with van der Waals surface area (Å²) in [7, 11) is 0. The number of hydrogen-bond donors (Lipinski definition) is 0. The molecular weight excluding hydrogens is 481 g/mol. The van der Waals surface area contributed by atoms with E-state index in [4.69, 9.17) is 9.47 Å². The number of rotatable bonds is 7. The van der Waals surface area contributed by atoms with E-state index < -0.39 is 11.7 Å². The van der Waals surface area contributed by atoms with Crippen molar-refractivity contribution in [1.82, 2.24) is 0 Å². The fourth-order valence-electron chi connectivity index (χ4n) is 5.26. The van der Waals surface area contributed by atoms with Crippen LogP contribution in [0.4, 0.5) is 13.2 Å². The quantitative estimate of drug-likeness (QED) is 0.294. The maximum Gasteiger partial charge on any atom is 0.416 e. The topological polar surface area (TPSA) is 18.5 Å². The highest BCUT2D eigenvalue weighted by molar-refractivity contribution is 7.99. The lowest BCUT2D eigenvalue weighted by atomic mass is 9.81. The minimum Gasteiger partial charge on any atom is -0.479 e. The number of hydrogen-bond acceptors (Lipinski definition) is 3. The second-order valence-corrected chi connectivity index (χ2v) is 10.9. The SMILES string of the molecule is CCCCCC1COC2c3ccc(-c4ccc(C(F)(F)F)cc4)cc3OC(Sc3ccccc3)C2C1. The Bertz CT molecular complexity index is 1150. The maximum atomic E-state index is 13.0. The first-order chi connectivity index (χ1) is 17.4. The van der Waals surface area contributed by atoms with E-state index in [9.17, 15) is 13.2 Å². The molecule has 0 spiro atoms. The zero-order valence-electron chi connectivity index (χ0n) is 20.3. The average Bonchev–Trinajstić information content (AvgIpc) is 2.89. The number of thioether (sulfide) groups is 1. The summed E-state index contributed by atoms with van der Waals surface area (Å²) in [5.41, 5.74) is 1.85. The van der Waals surface area contributed by atoms with E-state index >= 15 is 0 Å². The van der Waals surface area contributed by atoms with Gasteiger partial charge in [0.05, 0.1) is 18.3 Å². The summed E-state index contributed by atoms with van der Waals surface area (Å²) in [6.45, 7) is 2.98. The van der Waals surface area contributed by atoms with Gasteiger partial charge in [-0.2, -0.15) is 13.2 Å². The molecule has 3 aromatic carbocycles. The van der Waals surface area contributed by atoms with Crippen LogP contribution in [0, 0.1) is 11.8 Å². The molecule has 190 valence electrons. The van der Waals surface area contributed by atoms with E-state index in [1.807, 2.05) is 36.4 Å². The summed E-state index contributed by atoms with van der Waals surface area (Å²) in [6.07, 6.45) is 1.55. The molecule has 3 aromatic rings. The molecular formula is C30H31F3O2S. The van der Waals surface area contributed by atoms with Gasteiger partial charge >= 0.3 is 6.18 Å². The zero-order chi connectivity index (χ0) is 25.1. The average molecular weight is 513 g/mol. The van der Waals surface area contributed by atoms with E-state index in [1.165, 1.54) is 37.8 Å². The molecule has 4 unspecified atom stereocenters. The fourth-order valence-corrected chi connectivity index (χ4v) is 6.42. The van der Waals surface area contributed by atoms with Crippen molar-refractivity contribution in [1.29, 1.82) is 0 Å². The molecule has 2 nitrogen and oxygen atoms in total. The predicted octanol–water partition coefficient (Wildman–Crippen LogP) is 9.16. The molecule has 0 saturated carbocycles. The Morgan fingerprint density at radius 2 is 1.67 bits per heavy atom. The molecule has 1 fully saturated rings. The highest BCUT2D eigenvalue weighted by Gasteiger charge is 2.43. The van der Waals surface area contributed by atoms with Crippen LogP contribution in [0.5, 0.6) is 5.75 Å². The van der Waals surface area contributed by atoms with Crippen LogP contribution < -0.4 is 4.74 Å². The van der Waals surface area contributed by atoms with Gasteiger partial charge in [-0.25, -0.2) is 0 Å². The predicted molar refractivity (Wildman–Crippen MR) is 138 cm³/mol. The van der Waals surface area contributed by atoms with E-state index in [2.05, 4.69) is 19.1 Å². The maximum absolute atomic E-state index is 13.0. The van der Waals surface area contributed by atoms with Crippen LogP contribution in [0.15, 0.2) is 77.7 Å². The molecule has 0 radical (unpaired) electrons. The fraction of sp³-hybridized carbons (Fsp3) is 0.400. The molecule has 6 heteroatoms. The number of fused-ring (bicyclic) bond motifs is 3. The van der Waals surface area contributed by atoms with Crippen molar-refractivity contribution >= 4 is 11.8 Å². The number of unbranched alkanes of at least 4 members (excludes halogenated alkanes) is 2. The van der Waals surface area contributed by atoms with Gasteiger partial charge < -0.3 is 9.47 Å². The second kappa shape index (κ2) is 10.9. The number of alkyl halides is 3. The highest BCUT2D eigenvalue weighted by atomic mass is 32.2. The van der Waals surface area contributed by atoms with Crippen LogP contribution in [0.2, 0.25) is 0 Å². The normalized spacial score (nSPS) is 23.4. The minimum atomic E-state index is -4.35. The van der Waals surface area contributed by atoms with Gasteiger partial charge in [-0.3, -0.25) is 0 Å². The molecule has 2 aliphatic rings. The summed E-state index contributed by atoms with van der Waals surface area (Å²) in [5.74, 6) is 1.53. The zero-order valence-corrected chi connectivity index (χ0v) is 21.2. The second-order valence-electron chi connectivity index (χ2n) is 9.76. The van der Waals surface area contributed by atoms with Crippen molar-refractivity contribution in [3.63, 3.8) is 0 Å². The van der Waals surface area contributed by atoms with Crippen LogP contribution in [-0.4, -0.2) is 12.0 Å². The smallest absolute Gasteiger partial charge is 0.416 e. The third kappa shape index (κ3) is 5.60. The molecule has 0 N–H and O–H groups in total.